The predicted octanol–water partition coefficient (Wildman–Crippen LogP) is 4.72. The first-order valence-electron chi connectivity index (χ1n) is 9.30. The lowest BCUT2D eigenvalue weighted by Gasteiger charge is -2.17. The highest BCUT2D eigenvalue weighted by atomic mass is 16.5. The molecule has 2 N–H and O–H groups in total. The van der Waals surface area contributed by atoms with Crippen LogP contribution in [0.5, 0.6) is 11.5 Å². The Morgan fingerprint density at radius 1 is 0.960 bits per heavy atom. The molecule has 1 unspecified atom stereocenters. The lowest BCUT2D eigenvalue weighted by atomic mass is 9.91. The van der Waals surface area contributed by atoms with Crippen LogP contribution in [0, 0.1) is 0 Å². The Morgan fingerprint density at radius 2 is 1.68 bits per heavy atom. The summed E-state index contributed by atoms with van der Waals surface area (Å²) in [6.07, 6.45) is 4.13. The highest BCUT2D eigenvalue weighted by Crippen LogP contribution is 2.30. The van der Waals surface area contributed by atoms with E-state index in [4.69, 9.17) is 15.2 Å². The number of nitrogens with two attached hydrogens (primary N) is 1. The van der Waals surface area contributed by atoms with Crippen molar-refractivity contribution in [1.82, 2.24) is 0 Å². The molecule has 0 aliphatic carbocycles. The van der Waals surface area contributed by atoms with Gasteiger partial charge in [0, 0.05) is 5.92 Å². The van der Waals surface area contributed by atoms with Gasteiger partial charge in [0.1, 0.15) is 0 Å². The molecule has 0 saturated heterocycles. The number of hydrogen-bond donors (Lipinski definition) is 1. The summed E-state index contributed by atoms with van der Waals surface area (Å²) < 4.78 is 11.3. The molecular formula is C22H31NO2. The summed E-state index contributed by atoms with van der Waals surface area (Å²) in [5.74, 6) is 1.92. The summed E-state index contributed by atoms with van der Waals surface area (Å²) in [5.41, 5.74) is 9.92. The maximum atomic E-state index is 6.05. The third kappa shape index (κ3) is 5.50. The fourth-order valence-electron chi connectivity index (χ4n) is 2.93. The monoisotopic (exact) mass is 341 g/mol. The summed E-state index contributed by atoms with van der Waals surface area (Å²) in [6, 6.07) is 15.0. The molecule has 25 heavy (non-hydrogen) atoms. The average molecular weight is 341 g/mol. The third-order valence-electron chi connectivity index (χ3n) is 4.61. The maximum Gasteiger partial charge on any atom is 0.161 e. The van der Waals surface area contributed by atoms with E-state index in [1.54, 1.807) is 7.11 Å². The molecule has 0 bridgehead atoms. The number of rotatable bonds is 10. The van der Waals surface area contributed by atoms with Gasteiger partial charge in [-0.1, -0.05) is 50.6 Å². The summed E-state index contributed by atoms with van der Waals surface area (Å²) in [5, 5.41) is 0. The molecule has 2 aromatic carbocycles. The molecule has 0 radical (unpaired) electrons. The first kappa shape index (κ1) is 19.3. The predicted molar refractivity (Wildman–Crippen MR) is 105 cm³/mol. The minimum absolute atomic E-state index is 0.308. The molecule has 0 aliphatic heterocycles. The normalized spacial score (nSPS) is 12.0. The molecule has 3 nitrogen and oxygen atoms in total. The topological polar surface area (TPSA) is 44.5 Å². The molecule has 0 aliphatic rings. The van der Waals surface area contributed by atoms with Gasteiger partial charge in [-0.15, -0.1) is 0 Å². The Balaban J connectivity index is 2.10. The first-order valence-corrected chi connectivity index (χ1v) is 9.30. The van der Waals surface area contributed by atoms with Crippen molar-refractivity contribution in [2.24, 2.45) is 5.73 Å². The van der Waals surface area contributed by atoms with Crippen LogP contribution < -0.4 is 15.2 Å². The molecule has 0 heterocycles. The van der Waals surface area contributed by atoms with Gasteiger partial charge < -0.3 is 15.2 Å². The largest absolute Gasteiger partial charge is 0.493 e. The molecule has 0 amide bonds. The zero-order valence-corrected chi connectivity index (χ0v) is 15.8. The van der Waals surface area contributed by atoms with Crippen LogP contribution in [0.4, 0.5) is 0 Å². The van der Waals surface area contributed by atoms with E-state index in [1.165, 1.54) is 16.7 Å². The first-order chi connectivity index (χ1) is 12.2. The van der Waals surface area contributed by atoms with Crippen molar-refractivity contribution in [3.63, 3.8) is 0 Å². The van der Waals surface area contributed by atoms with Gasteiger partial charge in [-0.2, -0.15) is 0 Å². The molecule has 0 saturated carbocycles. The maximum absolute atomic E-state index is 6.05. The van der Waals surface area contributed by atoms with Gasteiger partial charge in [-0.25, -0.2) is 0 Å². The van der Waals surface area contributed by atoms with Crippen LogP contribution in [0.1, 0.15) is 49.3 Å². The van der Waals surface area contributed by atoms with Crippen LogP contribution in [0.3, 0.4) is 0 Å². The van der Waals surface area contributed by atoms with E-state index < -0.39 is 0 Å². The van der Waals surface area contributed by atoms with E-state index >= 15 is 0 Å². The van der Waals surface area contributed by atoms with Gasteiger partial charge in [-0.05, 0) is 54.6 Å². The Hall–Kier alpha value is -2.00. The molecule has 2 aromatic rings. The average Bonchev–Trinajstić information content (AvgIpc) is 2.67. The minimum atomic E-state index is 0.308. The number of unbranched alkanes of at least 4 members (excludes halogenated alkanes) is 1. The molecule has 0 spiro atoms. The van der Waals surface area contributed by atoms with Gasteiger partial charge in [0.15, 0.2) is 11.5 Å². The van der Waals surface area contributed by atoms with Crippen molar-refractivity contribution in [2.45, 2.75) is 45.4 Å². The molecule has 0 fully saturated rings. The fraction of sp³-hybridized carbons (Fsp3) is 0.455. The molecular weight excluding hydrogens is 310 g/mol. The lowest BCUT2D eigenvalue weighted by Crippen LogP contribution is -2.15. The van der Waals surface area contributed by atoms with Crippen molar-refractivity contribution in [3.05, 3.63) is 59.2 Å². The standard InChI is InChI=1S/C22H31NO2/c1-4-6-13-25-21-12-9-18(15-22(21)24-3)14-20(16-23)19-10-7-17(5-2)8-11-19/h7-12,15,20H,4-6,13-14,16,23H2,1-3H3. The number of benzene rings is 2. The number of aryl methyl sites for hydroxylation is 1. The Bertz CT molecular complexity index is 637. The molecule has 1 atom stereocenters. The van der Waals surface area contributed by atoms with Crippen LogP contribution >= 0.6 is 0 Å². The van der Waals surface area contributed by atoms with Crippen molar-refractivity contribution in [2.75, 3.05) is 20.3 Å². The Labute approximate surface area is 152 Å². The third-order valence-corrected chi connectivity index (χ3v) is 4.61. The number of hydrogen-bond acceptors (Lipinski definition) is 3. The fourth-order valence-corrected chi connectivity index (χ4v) is 2.93. The zero-order chi connectivity index (χ0) is 18.1. The minimum Gasteiger partial charge on any atom is -0.493 e. The Morgan fingerprint density at radius 3 is 2.28 bits per heavy atom. The summed E-state index contributed by atoms with van der Waals surface area (Å²) in [7, 11) is 1.69. The van der Waals surface area contributed by atoms with E-state index in [0.29, 0.717) is 12.5 Å². The van der Waals surface area contributed by atoms with Crippen molar-refractivity contribution in [1.29, 1.82) is 0 Å². The highest BCUT2D eigenvalue weighted by Gasteiger charge is 2.13. The van der Waals surface area contributed by atoms with Crippen LogP contribution in [0.2, 0.25) is 0 Å². The smallest absolute Gasteiger partial charge is 0.161 e. The van der Waals surface area contributed by atoms with Gasteiger partial charge in [0.25, 0.3) is 0 Å². The van der Waals surface area contributed by atoms with E-state index in [2.05, 4.69) is 50.2 Å². The summed E-state index contributed by atoms with van der Waals surface area (Å²) >= 11 is 0. The van der Waals surface area contributed by atoms with Crippen LogP contribution in [-0.4, -0.2) is 20.3 Å². The van der Waals surface area contributed by atoms with E-state index in [-0.39, 0.29) is 0 Å². The van der Waals surface area contributed by atoms with Crippen LogP contribution in [0.15, 0.2) is 42.5 Å². The van der Waals surface area contributed by atoms with Gasteiger partial charge in [0.2, 0.25) is 0 Å². The van der Waals surface area contributed by atoms with E-state index in [9.17, 15) is 0 Å². The molecule has 3 heteroatoms. The van der Waals surface area contributed by atoms with Gasteiger partial charge in [-0.3, -0.25) is 0 Å². The second-order valence-corrected chi connectivity index (χ2v) is 6.42. The second kappa shape index (κ2) is 10.1. The quantitative estimate of drug-likeness (QED) is 0.636. The number of methoxy groups -OCH3 is 1. The van der Waals surface area contributed by atoms with Crippen molar-refractivity contribution < 1.29 is 9.47 Å². The SMILES string of the molecule is CCCCOc1ccc(CC(CN)c2ccc(CC)cc2)cc1OC. The van der Waals surface area contributed by atoms with Crippen LogP contribution in [-0.2, 0) is 12.8 Å². The summed E-state index contributed by atoms with van der Waals surface area (Å²) in [4.78, 5) is 0. The van der Waals surface area contributed by atoms with Gasteiger partial charge >= 0.3 is 0 Å². The van der Waals surface area contributed by atoms with Gasteiger partial charge in [0.05, 0.1) is 13.7 Å². The lowest BCUT2D eigenvalue weighted by molar-refractivity contribution is 0.288. The van der Waals surface area contributed by atoms with Crippen LogP contribution in [0.25, 0.3) is 0 Å². The molecule has 136 valence electrons. The second-order valence-electron chi connectivity index (χ2n) is 6.42. The van der Waals surface area contributed by atoms with Crippen molar-refractivity contribution in [3.8, 4) is 11.5 Å². The Kier molecular flexibility index (Phi) is 7.80. The van der Waals surface area contributed by atoms with E-state index in [1.807, 2.05) is 6.07 Å². The molecule has 0 aromatic heterocycles. The highest BCUT2D eigenvalue weighted by molar-refractivity contribution is 5.43. The zero-order valence-electron chi connectivity index (χ0n) is 15.8. The number of ether oxygens (including phenoxy) is 2. The van der Waals surface area contributed by atoms with E-state index in [0.717, 1.165) is 43.8 Å². The summed E-state index contributed by atoms with van der Waals surface area (Å²) in [6.45, 7) is 5.68. The van der Waals surface area contributed by atoms with Crippen molar-refractivity contribution >= 4 is 0 Å². The molecule has 2 rings (SSSR count).